The predicted molar refractivity (Wildman–Crippen MR) is 222 cm³/mol. The summed E-state index contributed by atoms with van der Waals surface area (Å²) in [7, 11) is 0. The Morgan fingerprint density at radius 1 is 0.411 bits per heavy atom. The van der Waals surface area contributed by atoms with E-state index < -0.39 is 0 Å². The highest BCUT2D eigenvalue weighted by atomic mass is 16.5. The molecule has 5 heterocycles. The molecule has 9 nitrogen and oxygen atoms in total. The highest BCUT2D eigenvalue weighted by Crippen LogP contribution is 2.51. The first kappa shape index (κ1) is 37.0. The van der Waals surface area contributed by atoms with Gasteiger partial charge in [0.1, 0.15) is 11.9 Å². The lowest BCUT2D eigenvalue weighted by molar-refractivity contribution is -0.0279. The van der Waals surface area contributed by atoms with Gasteiger partial charge in [0.05, 0.1) is 49.3 Å². The molecule has 18 unspecified atom stereocenters. The minimum absolute atomic E-state index is 0.0450. The molecule has 0 amide bonds. The van der Waals surface area contributed by atoms with Crippen LogP contribution in [0.3, 0.4) is 0 Å². The van der Waals surface area contributed by atoms with E-state index in [1.165, 1.54) is 89.0 Å². The van der Waals surface area contributed by atoms with Crippen molar-refractivity contribution in [2.45, 2.75) is 165 Å². The van der Waals surface area contributed by atoms with Gasteiger partial charge in [-0.3, -0.25) is 42.5 Å². The smallest absolute Gasteiger partial charge is 0.119 e. The second kappa shape index (κ2) is 15.2. The minimum Gasteiger partial charge on any atom is -0.490 e. The fourth-order valence-electron chi connectivity index (χ4n) is 14.7. The Morgan fingerprint density at radius 3 is 1.18 bits per heavy atom. The van der Waals surface area contributed by atoms with Gasteiger partial charge in [0.15, 0.2) is 0 Å². The molecule has 4 aliphatic carbocycles. The van der Waals surface area contributed by atoms with E-state index in [4.69, 9.17) is 4.74 Å². The zero-order valence-corrected chi connectivity index (χ0v) is 34.0. The maximum atomic E-state index is 7.41. The SMILES string of the molecule is CC(C)(c1ccccc1)C1CCC2C3NC4NC(NC5NC(NC6NC(NC(N3)C2C1Oc1ccccc1)C1CCCCC61)C1CCCCC51)C1CCCCC41. The van der Waals surface area contributed by atoms with Crippen LogP contribution in [-0.2, 0) is 5.41 Å². The summed E-state index contributed by atoms with van der Waals surface area (Å²) in [5.41, 5.74) is 1.37. The Morgan fingerprint density at radius 2 is 0.768 bits per heavy atom. The molecule has 56 heavy (non-hydrogen) atoms. The third-order valence-electron chi connectivity index (χ3n) is 17.4. The van der Waals surface area contributed by atoms with Gasteiger partial charge in [0.2, 0.25) is 0 Å². The number of hydrogen-bond donors (Lipinski definition) is 8. The van der Waals surface area contributed by atoms with E-state index in [1.54, 1.807) is 0 Å². The number of ether oxygens (including phenoxy) is 1. The lowest BCUT2D eigenvalue weighted by Gasteiger charge is -2.49. The fourth-order valence-corrected chi connectivity index (χ4v) is 14.7. The van der Waals surface area contributed by atoms with E-state index in [0.717, 1.165) is 12.2 Å². The van der Waals surface area contributed by atoms with Gasteiger partial charge >= 0.3 is 0 Å². The van der Waals surface area contributed by atoms with Crippen LogP contribution in [0.4, 0.5) is 0 Å². The molecule has 8 bridgehead atoms. The molecule has 0 spiro atoms. The lowest BCUT2D eigenvalue weighted by Crippen LogP contribution is -2.62. The van der Waals surface area contributed by atoms with E-state index in [9.17, 15) is 0 Å². The van der Waals surface area contributed by atoms with Gasteiger partial charge in [-0.05, 0) is 116 Å². The normalized spacial score (nSPS) is 47.3. The standard InChI is InChI=1S/C47H70N8O/c1-47(2,27-15-5-3-6-16-27)36-26-25-35-37(38(36)56-28-17-7-4-8-18-28)46-54-44-34-24-14-13-23-33(34)42(52-44)50-40-30-20-10-9-19-29(30)39(48-40)49-41-31-21-11-12-22-32(31)43(51-41)53-45(35)55-46/h3-8,15-18,29-46,48-55H,9-14,19-26H2,1-2H3. The van der Waals surface area contributed by atoms with E-state index in [-0.39, 0.29) is 30.0 Å². The molecule has 9 aliphatic rings. The first-order valence-corrected chi connectivity index (χ1v) is 23.4. The molecule has 5 aliphatic heterocycles. The summed E-state index contributed by atoms with van der Waals surface area (Å²) in [6, 6.07) is 22.0. The van der Waals surface area contributed by atoms with Crippen molar-refractivity contribution in [3.8, 4) is 5.75 Å². The maximum Gasteiger partial charge on any atom is 0.119 e. The van der Waals surface area contributed by atoms with Crippen LogP contribution < -0.4 is 47.3 Å². The first-order valence-electron chi connectivity index (χ1n) is 23.4. The van der Waals surface area contributed by atoms with Crippen LogP contribution in [0, 0.1) is 53.3 Å². The number of nitrogens with one attached hydrogen (secondary N) is 8. The fraction of sp³-hybridized carbons (Fsp3) is 0.745. The lowest BCUT2D eigenvalue weighted by atomic mass is 9.60. The quantitative estimate of drug-likeness (QED) is 0.195. The summed E-state index contributed by atoms with van der Waals surface area (Å²) >= 11 is 0. The van der Waals surface area contributed by atoms with Crippen LogP contribution in [0.15, 0.2) is 60.7 Å². The summed E-state index contributed by atoms with van der Waals surface area (Å²) < 4.78 is 7.41. The monoisotopic (exact) mass is 763 g/mol. The first-order chi connectivity index (χ1) is 27.5. The van der Waals surface area contributed by atoms with Crippen LogP contribution in [0.25, 0.3) is 0 Å². The van der Waals surface area contributed by atoms with E-state index in [1.807, 2.05) is 0 Å². The van der Waals surface area contributed by atoms with Crippen molar-refractivity contribution in [2.75, 3.05) is 0 Å². The maximum absolute atomic E-state index is 7.41. The summed E-state index contributed by atoms with van der Waals surface area (Å²) in [5, 5.41) is 34.5. The Labute approximate surface area is 336 Å². The van der Waals surface area contributed by atoms with Crippen molar-refractivity contribution in [2.24, 2.45) is 53.3 Å². The minimum atomic E-state index is -0.0450. The van der Waals surface area contributed by atoms with E-state index in [2.05, 4.69) is 117 Å². The van der Waals surface area contributed by atoms with Crippen LogP contribution in [-0.4, -0.2) is 55.4 Å². The molecule has 2 aromatic carbocycles. The van der Waals surface area contributed by atoms with Gasteiger partial charge in [0, 0.05) is 11.8 Å². The van der Waals surface area contributed by atoms with Gasteiger partial charge in [-0.2, -0.15) is 0 Å². The second-order valence-electron chi connectivity index (χ2n) is 20.4. The van der Waals surface area contributed by atoms with Gasteiger partial charge in [-0.1, -0.05) is 101 Å². The van der Waals surface area contributed by atoms with Gasteiger partial charge < -0.3 is 4.74 Å². The third kappa shape index (κ3) is 6.50. The zero-order chi connectivity index (χ0) is 37.4. The molecule has 5 saturated heterocycles. The van der Waals surface area contributed by atoms with Crippen LogP contribution in [0.1, 0.15) is 109 Å². The van der Waals surface area contributed by atoms with E-state index in [0.29, 0.717) is 84.1 Å². The zero-order valence-electron chi connectivity index (χ0n) is 34.0. The van der Waals surface area contributed by atoms with Gasteiger partial charge in [-0.25, -0.2) is 0 Å². The Hall–Kier alpha value is -2.08. The molecule has 2 aromatic rings. The molecular formula is C47H70N8O. The van der Waals surface area contributed by atoms with Crippen molar-refractivity contribution in [3.63, 3.8) is 0 Å². The van der Waals surface area contributed by atoms with Crippen LogP contribution in [0.5, 0.6) is 5.75 Å². The third-order valence-corrected chi connectivity index (χ3v) is 17.4. The molecule has 18 atom stereocenters. The molecule has 8 N–H and O–H groups in total. The Kier molecular flexibility index (Phi) is 10.0. The number of para-hydroxylation sites is 1. The largest absolute Gasteiger partial charge is 0.490 e. The average Bonchev–Trinajstić information content (AvgIpc) is 3.97. The molecule has 11 rings (SSSR count). The average molecular weight is 763 g/mol. The highest BCUT2D eigenvalue weighted by molar-refractivity contribution is 5.28. The van der Waals surface area contributed by atoms with Crippen molar-refractivity contribution >= 4 is 0 Å². The summed E-state index contributed by atoms with van der Waals surface area (Å²) in [4.78, 5) is 0. The van der Waals surface area contributed by atoms with Gasteiger partial charge in [-0.15, -0.1) is 0 Å². The van der Waals surface area contributed by atoms with Crippen molar-refractivity contribution in [3.05, 3.63) is 66.2 Å². The summed E-state index contributed by atoms with van der Waals surface area (Å²) in [6.45, 7) is 4.96. The summed E-state index contributed by atoms with van der Waals surface area (Å²) in [6.07, 6.45) is 20.7. The van der Waals surface area contributed by atoms with Crippen molar-refractivity contribution in [1.82, 2.24) is 42.5 Å². The molecule has 4 saturated carbocycles. The molecular weight excluding hydrogens is 693 g/mol. The van der Waals surface area contributed by atoms with E-state index >= 15 is 0 Å². The van der Waals surface area contributed by atoms with Crippen molar-refractivity contribution < 1.29 is 4.74 Å². The molecule has 304 valence electrons. The van der Waals surface area contributed by atoms with Crippen LogP contribution >= 0.6 is 0 Å². The topological polar surface area (TPSA) is 105 Å². The Balaban J connectivity index is 0.974. The van der Waals surface area contributed by atoms with Crippen LogP contribution in [0.2, 0.25) is 0 Å². The summed E-state index contributed by atoms with van der Waals surface area (Å²) in [5.74, 6) is 6.08. The second-order valence-corrected chi connectivity index (χ2v) is 20.4. The molecule has 0 aromatic heterocycles. The van der Waals surface area contributed by atoms with Crippen molar-refractivity contribution in [1.29, 1.82) is 0 Å². The highest BCUT2D eigenvalue weighted by Gasteiger charge is 2.59. The molecule has 9 fully saturated rings. The number of fused-ring (bicyclic) bond motifs is 20. The number of benzene rings is 2. The molecule has 0 radical (unpaired) electrons. The predicted octanol–water partition coefficient (Wildman–Crippen LogP) is 5.87. The number of rotatable bonds is 4. The molecule has 9 heteroatoms. The van der Waals surface area contributed by atoms with Gasteiger partial charge in [0.25, 0.3) is 0 Å². The Bertz CT molecular complexity index is 1640. The number of hydrogen-bond acceptors (Lipinski definition) is 9.